The smallest absolute Gasteiger partial charge is 0.190 e. The zero-order valence-electron chi connectivity index (χ0n) is 12.2. The molecule has 1 heterocycles. The van der Waals surface area contributed by atoms with Gasteiger partial charge in [0.1, 0.15) is 0 Å². The Labute approximate surface area is 130 Å². The van der Waals surface area contributed by atoms with Crippen molar-refractivity contribution in [1.29, 1.82) is 0 Å². The van der Waals surface area contributed by atoms with E-state index in [9.17, 15) is 13.2 Å². The molecule has 3 rings (SSSR count). The molecule has 0 saturated carbocycles. The highest BCUT2D eigenvalue weighted by atomic mass is 32.2. The molecule has 1 aliphatic heterocycles. The van der Waals surface area contributed by atoms with Crippen molar-refractivity contribution in [2.75, 3.05) is 5.75 Å². The minimum Gasteiger partial charge on any atom is -0.289 e. The molecule has 0 unspecified atom stereocenters. The fraction of sp³-hybridized carbons (Fsp3) is 0.167. The van der Waals surface area contributed by atoms with Gasteiger partial charge in [-0.15, -0.1) is 0 Å². The molecule has 1 aliphatic rings. The lowest BCUT2D eigenvalue weighted by atomic mass is 9.98. The maximum absolute atomic E-state index is 12.7. The monoisotopic (exact) mass is 312 g/mol. The normalized spacial score (nSPS) is 18.8. The molecule has 22 heavy (non-hydrogen) atoms. The van der Waals surface area contributed by atoms with Gasteiger partial charge in [-0.05, 0) is 37.1 Å². The first-order chi connectivity index (χ1) is 10.5. The third-order valence-electron chi connectivity index (χ3n) is 3.78. The number of Topliss-reactive ketones (excluding diaryl/α,β-unsaturated/α-hetero) is 1. The lowest BCUT2D eigenvalue weighted by Crippen LogP contribution is -2.06. The van der Waals surface area contributed by atoms with Gasteiger partial charge in [0.2, 0.25) is 0 Å². The number of fused-ring (bicyclic) bond motifs is 1. The largest absolute Gasteiger partial charge is 0.289 e. The van der Waals surface area contributed by atoms with Gasteiger partial charge in [-0.1, -0.05) is 42.0 Å². The molecule has 112 valence electrons. The quantitative estimate of drug-likeness (QED) is 0.758. The Kier molecular flexibility index (Phi) is 3.71. The highest BCUT2D eigenvalue weighted by Crippen LogP contribution is 2.28. The number of rotatable bonds is 1. The van der Waals surface area contributed by atoms with Crippen LogP contribution in [-0.4, -0.2) is 20.0 Å². The Hall–Kier alpha value is -2.20. The molecule has 0 saturated heterocycles. The summed E-state index contributed by atoms with van der Waals surface area (Å²) in [6, 6.07) is 14.2. The lowest BCUT2D eigenvalue weighted by Gasteiger charge is -2.04. The van der Waals surface area contributed by atoms with Gasteiger partial charge in [-0.25, -0.2) is 8.42 Å². The van der Waals surface area contributed by atoms with Crippen LogP contribution in [0.5, 0.6) is 0 Å². The van der Waals surface area contributed by atoms with E-state index >= 15 is 0 Å². The average Bonchev–Trinajstić information content (AvgIpc) is 2.59. The van der Waals surface area contributed by atoms with Crippen LogP contribution < -0.4 is 0 Å². The average molecular weight is 312 g/mol. The van der Waals surface area contributed by atoms with Gasteiger partial charge in [0.05, 0.1) is 10.6 Å². The van der Waals surface area contributed by atoms with Gasteiger partial charge in [-0.2, -0.15) is 0 Å². The molecule has 0 aliphatic carbocycles. The third kappa shape index (κ3) is 2.74. The highest BCUT2D eigenvalue weighted by molar-refractivity contribution is 7.91. The number of benzene rings is 2. The van der Waals surface area contributed by atoms with E-state index in [2.05, 4.69) is 0 Å². The molecule has 3 nitrogen and oxygen atoms in total. The number of hydrogen-bond donors (Lipinski definition) is 0. The molecule has 0 aromatic heterocycles. The van der Waals surface area contributed by atoms with Crippen molar-refractivity contribution in [3.63, 3.8) is 0 Å². The van der Waals surface area contributed by atoms with Gasteiger partial charge in [0.25, 0.3) is 0 Å². The predicted octanol–water partition coefficient (Wildman–Crippen LogP) is 3.44. The maximum atomic E-state index is 12.7. The molecular weight excluding hydrogens is 296 g/mol. The Morgan fingerprint density at radius 1 is 1.05 bits per heavy atom. The van der Waals surface area contributed by atoms with Crippen LogP contribution in [0.1, 0.15) is 27.9 Å². The molecule has 2 aromatic rings. The number of ketones is 1. The van der Waals surface area contributed by atoms with Gasteiger partial charge in [0, 0.05) is 11.1 Å². The molecule has 0 spiro atoms. The number of aryl methyl sites for hydroxylation is 1. The standard InChI is InChI=1S/C18H16O3S/c1-13-5-4-6-14(11-13)12-15-9-10-22(20,21)17-8-3-2-7-16(17)18(15)19/h2-8,11-12H,9-10H2,1H3/b15-12+. The van der Waals surface area contributed by atoms with E-state index in [1.165, 1.54) is 6.07 Å². The van der Waals surface area contributed by atoms with Crippen LogP contribution >= 0.6 is 0 Å². The highest BCUT2D eigenvalue weighted by Gasteiger charge is 2.28. The number of hydrogen-bond acceptors (Lipinski definition) is 3. The van der Waals surface area contributed by atoms with Gasteiger partial charge in [0.15, 0.2) is 15.6 Å². The van der Waals surface area contributed by atoms with Gasteiger partial charge < -0.3 is 0 Å². The summed E-state index contributed by atoms with van der Waals surface area (Å²) in [5.74, 6) is -0.230. The molecule has 4 heteroatoms. The Balaban J connectivity index is 2.12. The zero-order valence-corrected chi connectivity index (χ0v) is 13.1. The molecular formula is C18H16O3S. The minimum absolute atomic E-state index is 0.0343. The van der Waals surface area contributed by atoms with E-state index in [0.29, 0.717) is 5.57 Å². The summed E-state index contributed by atoms with van der Waals surface area (Å²) in [6.45, 7) is 1.98. The Bertz CT molecular complexity index is 877. The molecule has 0 N–H and O–H groups in total. The molecule has 0 radical (unpaired) electrons. The van der Waals surface area contributed by atoms with Crippen LogP contribution in [0.4, 0.5) is 0 Å². The van der Waals surface area contributed by atoms with Crippen molar-refractivity contribution < 1.29 is 13.2 Å². The Morgan fingerprint density at radius 2 is 1.82 bits per heavy atom. The van der Waals surface area contributed by atoms with Crippen LogP contribution in [0, 0.1) is 6.92 Å². The first kappa shape index (κ1) is 14.7. The summed E-state index contributed by atoms with van der Waals surface area (Å²) in [7, 11) is -3.41. The second-order valence-corrected chi connectivity index (χ2v) is 7.56. The van der Waals surface area contributed by atoms with Crippen molar-refractivity contribution in [1.82, 2.24) is 0 Å². The fourth-order valence-corrected chi connectivity index (χ4v) is 4.16. The van der Waals surface area contributed by atoms with E-state index < -0.39 is 9.84 Å². The molecule has 0 atom stereocenters. The van der Waals surface area contributed by atoms with Crippen molar-refractivity contribution in [3.8, 4) is 0 Å². The number of sulfone groups is 1. The Morgan fingerprint density at radius 3 is 2.59 bits per heavy atom. The van der Waals surface area contributed by atoms with E-state index in [1.807, 2.05) is 31.2 Å². The lowest BCUT2D eigenvalue weighted by molar-refractivity contribution is 0.103. The summed E-state index contributed by atoms with van der Waals surface area (Å²) >= 11 is 0. The summed E-state index contributed by atoms with van der Waals surface area (Å²) in [5, 5.41) is 0. The van der Waals surface area contributed by atoms with E-state index in [1.54, 1.807) is 24.3 Å². The topological polar surface area (TPSA) is 51.2 Å². The second-order valence-electron chi connectivity index (χ2n) is 5.48. The summed E-state index contributed by atoms with van der Waals surface area (Å²) < 4.78 is 24.6. The molecule has 0 amide bonds. The van der Waals surface area contributed by atoms with Gasteiger partial charge in [-0.3, -0.25) is 4.79 Å². The first-order valence-electron chi connectivity index (χ1n) is 7.11. The van der Waals surface area contributed by atoms with Crippen molar-refractivity contribution in [2.24, 2.45) is 0 Å². The number of carbonyl (C=O) groups is 1. The van der Waals surface area contributed by atoms with Crippen LogP contribution in [0.2, 0.25) is 0 Å². The van der Waals surface area contributed by atoms with Crippen LogP contribution in [0.3, 0.4) is 0 Å². The first-order valence-corrected chi connectivity index (χ1v) is 8.76. The van der Waals surface area contributed by atoms with Crippen LogP contribution in [0.15, 0.2) is 59.0 Å². The van der Waals surface area contributed by atoms with Crippen molar-refractivity contribution in [3.05, 3.63) is 70.8 Å². The maximum Gasteiger partial charge on any atom is 0.190 e. The van der Waals surface area contributed by atoms with E-state index in [-0.39, 0.29) is 28.4 Å². The number of carbonyl (C=O) groups excluding carboxylic acids is 1. The van der Waals surface area contributed by atoms with E-state index in [4.69, 9.17) is 0 Å². The van der Waals surface area contributed by atoms with Crippen molar-refractivity contribution in [2.45, 2.75) is 18.2 Å². The number of allylic oxidation sites excluding steroid dienone is 1. The zero-order chi connectivity index (χ0) is 15.7. The second kappa shape index (κ2) is 5.54. The van der Waals surface area contributed by atoms with E-state index in [0.717, 1.165) is 11.1 Å². The fourth-order valence-electron chi connectivity index (χ4n) is 2.67. The SMILES string of the molecule is Cc1cccc(/C=C2\CCS(=O)(=O)c3ccccc3C2=O)c1. The van der Waals surface area contributed by atoms with Crippen LogP contribution in [0.25, 0.3) is 6.08 Å². The summed E-state index contributed by atoms with van der Waals surface area (Å²) in [5.41, 5.74) is 2.83. The van der Waals surface area contributed by atoms with Crippen molar-refractivity contribution >= 4 is 21.7 Å². The minimum atomic E-state index is -3.41. The van der Waals surface area contributed by atoms with Gasteiger partial charge >= 0.3 is 0 Å². The third-order valence-corrected chi connectivity index (χ3v) is 5.55. The molecule has 0 fully saturated rings. The summed E-state index contributed by atoms with van der Waals surface area (Å²) in [6.07, 6.45) is 2.04. The molecule has 2 aromatic carbocycles. The van der Waals surface area contributed by atoms with Crippen LogP contribution in [-0.2, 0) is 9.84 Å². The molecule has 0 bridgehead atoms. The predicted molar refractivity (Wildman–Crippen MR) is 86.6 cm³/mol. The summed E-state index contributed by atoms with van der Waals surface area (Å²) in [4.78, 5) is 12.8.